The predicted molar refractivity (Wildman–Crippen MR) is 57.6 cm³/mol. The van der Waals surface area contributed by atoms with Gasteiger partial charge in [-0.1, -0.05) is 19.1 Å². The fourth-order valence-corrected chi connectivity index (χ4v) is 1.65. The van der Waals surface area contributed by atoms with Crippen molar-refractivity contribution in [2.45, 2.75) is 25.9 Å². The van der Waals surface area contributed by atoms with Gasteiger partial charge in [-0.05, 0) is 30.5 Å². The lowest BCUT2D eigenvalue weighted by atomic mass is 9.94. The van der Waals surface area contributed by atoms with Crippen molar-refractivity contribution in [3.05, 3.63) is 36.2 Å². The summed E-state index contributed by atoms with van der Waals surface area (Å²) in [5, 5.41) is 9.03. The van der Waals surface area contributed by atoms with Crippen molar-refractivity contribution in [2.75, 3.05) is 6.61 Å². The Morgan fingerprint density at radius 2 is 2.12 bits per heavy atom. The Bertz CT molecular complexity index is 340. The first-order valence-electron chi connectivity index (χ1n) is 5.10. The molecule has 1 N–H and O–H groups in total. The normalized spacial score (nSPS) is 12.9. The van der Waals surface area contributed by atoms with Crippen molar-refractivity contribution in [2.24, 2.45) is 0 Å². The molecule has 0 saturated carbocycles. The second kappa shape index (κ2) is 5.80. The third-order valence-corrected chi connectivity index (χ3v) is 2.40. The number of benzene rings is 1. The average Bonchev–Trinajstić information content (AvgIpc) is 2.27. The van der Waals surface area contributed by atoms with Crippen LogP contribution in [0.4, 0.5) is 8.78 Å². The molecule has 16 heavy (non-hydrogen) atoms. The van der Waals surface area contributed by atoms with E-state index in [2.05, 4.69) is 11.7 Å². The summed E-state index contributed by atoms with van der Waals surface area (Å²) in [5.74, 6) is -0.159. The molecule has 0 aromatic heterocycles. The van der Waals surface area contributed by atoms with Gasteiger partial charge in [0.2, 0.25) is 0 Å². The minimum Gasteiger partial charge on any atom is -0.435 e. The van der Waals surface area contributed by atoms with Crippen LogP contribution in [0.2, 0.25) is 0 Å². The van der Waals surface area contributed by atoms with E-state index in [1.165, 1.54) is 6.07 Å². The molecule has 0 amide bonds. The highest BCUT2D eigenvalue weighted by molar-refractivity contribution is 5.42. The quantitative estimate of drug-likeness (QED) is 0.841. The first-order valence-corrected chi connectivity index (χ1v) is 5.10. The third kappa shape index (κ3) is 2.92. The molecule has 0 heterocycles. The van der Waals surface area contributed by atoms with E-state index in [0.717, 1.165) is 5.56 Å². The lowest BCUT2D eigenvalue weighted by Gasteiger charge is -2.17. The van der Waals surface area contributed by atoms with Gasteiger partial charge in [-0.2, -0.15) is 8.78 Å². The number of alkyl halides is 2. The second-order valence-corrected chi connectivity index (χ2v) is 3.44. The molecule has 1 rings (SSSR count). The Balaban J connectivity index is 3.10. The molecule has 1 aromatic carbocycles. The van der Waals surface area contributed by atoms with Crippen molar-refractivity contribution >= 4 is 0 Å². The van der Waals surface area contributed by atoms with Crippen LogP contribution in [0.3, 0.4) is 0 Å². The number of aliphatic hydroxyl groups excluding tert-OH is 1. The fraction of sp³-hybridized carbons (Fsp3) is 0.417. The molecular weight excluding hydrogens is 214 g/mol. The standard InChI is InChI=1S/C12H15F2O2/c1-3-9-10(8(2)7-15)5-4-6-11(9)16-12(13)14/h4-6,8,12,15H,2-3,7H2,1H3. The van der Waals surface area contributed by atoms with Crippen LogP contribution >= 0.6 is 0 Å². The van der Waals surface area contributed by atoms with E-state index in [1.54, 1.807) is 12.1 Å². The molecule has 0 saturated heterocycles. The Kier molecular flexibility index (Phi) is 4.68. The zero-order chi connectivity index (χ0) is 12.1. The van der Waals surface area contributed by atoms with Gasteiger partial charge in [-0.15, -0.1) is 0 Å². The molecule has 0 aliphatic carbocycles. The largest absolute Gasteiger partial charge is 0.435 e. The molecule has 0 aliphatic rings. The lowest BCUT2D eigenvalue weighted by Crippen LogP contribution is -2.08. The van der Waals surface area contributed by atoms with Gasteiger partial charge < -0.3 is 9.84 Å². The van der Waals surface area contributed by atoms with Crippen LogP contribution in [0.1, 0.15) is 24.0 Å². The van der Waals surface area contributed by atoms with E-state index in [-0.39, 0.29) is 18.3 Å². The molecule has 1 radical (unpaired) electrons. The van der Waals surface area contributed by atoms with Crippen LogP contribution in [-0.2, 0) is 6.42 Å². The molecular formula is C12H15F2O2. The van der Waals surface area contributed by atoms with Crippen LogP contribution in [0, 0.1) is 6.92 Å². The number of ether oxygens (including phenoxy) is 1. The van der Waals surface area contributed by atoms with Gasteiger partial charge in [0.25, 0.3) is 0 Å². The first kappa shape index (κ1) is 12.9. The Labute approximate surface area is 93.9 Å². The molecule has 0 bridgehead atoms. The maximum Gasteiger partial charge on any atom is 0.387 e. The Morgan fingerprint density at radius 3 is 2.62 bits per heavy atom. The minimum absolute atomic E-state index is 0.120. The highest BCUT2D eigenvalue weighted by atomic mass is 19.3. The molecule has 1 aromatic rings. The molecule has 0 aliphatic heterocycles. The zero-order valence-corrected chi connectivity index (χ0v) is 9.12. The predicted octanol–water partition coefficient (Wildman–Crippen LogP) is 2.76. The molecule has 4 heteroatoms. The number of halogens is 2. The number of aliphatic hydroxyl groups is 1. The SMILES string of the molecule is [CH2]C(CO)c1cccc(OC(F)F)c1CC. The van der Waals surface area contributed by atoms with E-state index in [0.29, 0.717) is 12.0 Å². The fourth-order valence-electron chi connectivity index (χ4n) is 1.65. The molecule has 1 atom stereocenters. The summed E-state index contributed by atoms with van der Waals surface area (Å²) in [5.41, 5.74) is 1.43. The molecule has 0 fully saturated rings. The van der Waals surface area contributed by atoms with Gasteiger partial charge in [0, 0.05) is 12.5 Å². The van der Waals surface area contributed by atoms with Crippen molar-refractivity contribution in [1.29, 1.82) is 0 Å². The Morgan fingerprint density at radius 1 is 1.44 bits per heavy atom. The first-order chi connectivity index (χ1) is 7.60. The summed E-state index contributed by atoms with van der Waals surface area (Å²) in [4.78, 5) is 0. The summed E-state index contributed by atoms with van der Waals surface area (Å²) in [6.07, 6.45) is 0.560. The smallest absolute Gasteiger partial charge is 0.387 e. The van der Waals surface area contributed by atoms with E-state index < -0.39 is 6.61 Å². The average molecular weight is 229 g/mol. The van der Waals surface area contributed by atoms with Crippen molar-refractivity contribution < 1.29 is 18.6 Å². The highest BCUT2D eigenvalue weighted by Crippen LogP contribution is 2.29. The van der Waals surface area contributed by atoms with E-state index >= 15 is 0 Å². The van der Waals surface area contributed by atoms with E-state index in [9.17, 15) is 8.78 Å². The molecule has 2 nitrogen and oxygen atoms in total. The van der Waals surface area contributed by atoms with Gasteiger partial charge in [0.15, 0.2) is 0 Å². The molecule has 1 unspecified atom stereocenters. The van der Waals surface area contributed by atoms with Gasteiger partial charge in [-0.25, -0.2) is 0 Å². The molecule has 89 valence electrons. The summed E-state index contributed by atoms with van der Waals surface area (Å²) in [6, 6.07) is 4.89. The molecule has 0 spiro atoms. The van der Waals surface area contributed by atoms with Crippen LogP contribution in [0.15, 0.2) is 18.2 Å². The van der Waals surface area contributed by atoms with Gasteiger partial charge >= 0.3 is 6.61 Å². The summed E-state index contributed by atoms with van der Waals surface area (Å²) >= 11 is 0. The van der Waals surface area contributed by atoms with Crippen LogP contribution < -0.4 is 4.74 Å². The Hall–Kier alpha value is -1.16. The van der Waals surface area contributed by atoms with Gasteiger partial charge in [0.05, 0.1) is 0 Å². The highest BCUT2D eigenvalue weighted by Gasteiger charge is 2.15. The minimum atomic E-state index is -2.84. The van der Waals surface area contributed by atoms with Gasteiger partial charge in [0.1, 0.15) is 5.75 Å². The monoisotopic (exact) mass is 229 g/mol. The van der Waals surface area contributed by atoms with Crippen molar-refractivity contribution in [3.8, 4) is 5.75 Å². The second-order valence-electron chi connectivity index (χ2n) is 3.44. The van der Waals surface area contributed by atoms with E-state index in [1.807, 2.05) is 6.92 Å². The van der Waals surface area contributed by atoms with Crippen molar-refractivity contribution in [3.63, 3.8) is 0 Å². The third-order valence-electron chi connectivity index (χ3n) is 2.40. The maximum atomic E-state index is 12.2. The number of hydrogen-bond acceptors (Lipinski definition) is 2. The number of hydrogen-bond donors (Lipinski definition) is 1. The van der Waals surface area contributed by atoms with Crippen molar-refractivity contribution in [1.82, 2.24) is 0 Å². The summed E-state index contributed by atoms with van der Waals surface area (Å²) in [7, 11) is 0. The zero-order valence-electron chi connectivity index (χ0n) is 9.12. The summed E-state index contributed by atoms with van der Waals surface area (Å²) in [6.45, 7) is 2.66. The number of rotatable bonds is 5. The van der Waals surface area contributed by atoms with Gasteiger partial charge in [-0.3, -0.25) is 0 Å². The van der Waals surface area contributed by atoms with Crippen LogP contribution in [0.25, 0.3) is 0 Å². The van der Waals surface area contributed by atoms with Crippen LogP contribution in [-0.4, -0.2) is 18.3 Å². The maximum absolute atomic E-state index is 12.2. The van der Waals surface area contributed by atoms with E-state index in [4.69, 9.17) is 5.11 Å². The summed E-state index contributed by atoms with van der Waals surface area (Å²) < 4.78 is 28.8. The lowest BCUT2D eigenvalue weighted by molar-refractivity contribution is -0.0504. The topological polar surface area (TPSA) is 29.5 Å². The van der Waals surface area contributed by atoms with Crippen LogP contribution in [0.5, 0.6) is 5.75 Å².